The fraction of sp³-hybridized carbons (Fsp3) is 0.333. The Morgan fingerprint density at radius 2 is 1.73 bits per heavy atom. The van der Waals surface area contributed by atoms with Crippen molar-refractivity contribution >= 4 is 22.5 Å². The van der Waals surface area contributed by atoms with Gasteiger partial charge in [0, 0.05) is 42.5 Å². The minimum atomic E-state index is -5.03. The van der Waals surface area contributed by atoms with Gasteiger partial charge in [-0.05, 0) is 75.7 Å². The lowest BCUT2D eigenvalue weighted by molar-refractivity contribution is -0.274. The second kappa shape index (κ2) is 15.7. The predicted octanol–water partition coefficient (Wildman–Crippen LogP) is 6.95. The van der Waals surface area contributed by atoms with Crippen LogP contribution in [0, 0.1) is 5.82 Å². The van der Waals surface area contributed by atoms with Crippen LogP contribution < -0.4 is 30.0 Å². The van der Waals surface area contributed by atoms with E-state index < -0.39 is 35.4 Å². The number of likely N-dealkylation sites (tertiary alicyclic amines) is 1. The average Bonchev–Trinajstić information content (AvgIpc) is 3.46. The monoisotopic (exact) mass is 724 g/mol. The van der Waals surface area contributed by atoms with Crippen LogP contribution in [0.2, 0.25) is 0 Å². The topological polar surface area (TPSA) is 122 Å². The van der Waals surface area contributed by atoms with E-state index in [0.717, 1.165) is 42.8 Å². The number of anilines is 1. The molecular weight excluding hydrogens is 688 g/mol. The molecule has 1 amide bonds. The number of para-hydroxylation sites is 2. The van der Waals surface area contributed by atoms with Crippen LogP contribution in [0.25, 0.3) is 16.6 Å². The summed E-state index contributed by atoms with van der Waals surface area (Å²) in [7, 11) is 1.52. The third-order valence-electron chi connectivity index (χ3n) is 8.42. The fourth-order valence-corrected chi connectivity index (χ4v) is 5.96. The molecule has 1 saturated heterocycles. The molecule has 1 aliphatic heterocycles. The Labute approximate surface area is 295 Å². The Hall–Kier alpha value is -5.64. The number of hydrogen-bond acceptors (Lipinski definition) is 9. The minimum absolute atomic E-state index is 0.00337. The van der Waals surface area contributed by atoms with Gasteiger partial charge in [0.05, 0.1) is 19.2 Å². The van der Waals surface area contributed by atoms with Gasteiger partial charge in [0.1, 0.15) is 11.4 Å². The van der Waals surface area contributed by atoms with Crippen LogP contribution in [0.15, 0.2) is 71.7 Å². The average molecular weight is 725 g/mol. The quantitative estimate of drug-likeness (QED) is 0.102. The minimum Gasteiger partial charge on any atom is -0.493 e. The smallest absolute Gasteiger partial charge is 0.493 e. The van der Waals surface area contributed by atoms with Crippen molar-refractivity contribution in [2.45, 2.75) is 45.5 Å². The van der Waals surface area contributed by atoms with Gasteiger partial charge in [-0.3, -0.25) is 14.3 Å². The zero-order valence-electron chi connectivity index (χ0n) is 28.4. The molecule has 0 radical (unpaired) electrons. The summed E-state index contributed by atoms with van der Waals surface area (Å²) in [6.07, 6.45) is 1.09. The maximum absolute atomic E-state index is 15.4. The summed E-state index contributed by atoms with van der Waals surface area (Å²) in [6.45, 7) is 5.21. The highest BCUT2D eigenvalue weighted by atomic mass is 19.4. The van der Waals surface area contributed by atoms with Crippen molar-refractivity contribution in [1.82, 2.24) is 24.2 Å². The number of benzene rings is 3. The summed E-state index contributed by atoms with van der Waals surface area (Å²) in [5.74, 6) is -1.70. The number of carbonyl (C=O) groups excluding carboxylic acids is 1. The van der Waals surface area contributed by atoms with E-state index >= 15 is 4.39 Å². The van der Waals surface area contributed by atoms with Crippen molar-refractivity contribution in [1.29, 1.82) is 0 Å². The molecule has 3 aromatic carbocycles. The number of amides is 1. The van der Waals surface area contributed by atoms with E-state index in [1.807, 2.05) is 0 Å². The summed E-state index contributed by atoms with van der Waals surface area (Å²) in [4.78, 5) is 33.2. The number of alkyl halides is 3. The van der Waals surface area contributed by atoms with Crippen molar-refractivity contribution in [2.24, 2.45) is 0 Å². The molecule has 0 spiro atoms. The van der Waals surface area contributed by atoms with Crippen LogP contribution in [-0.4, -0.2) is 69.9 Å². The van der Waals surface area contributed by atoms with E-state index in [4.69, 9.17) is 14.2 Å². The number of hydrogen-bond donors (Lipinski definition) is 1. The van der Waals surface area contributed by atoms with Crippen molar-refractivity contribution in [3.8, 4) is 34.4 Å². The first-order valence-electron chi connectivity index (χ1n) is 16.7. The number of rotatable bonds is 13. The van der Waals surface area contributed by atoms with E-state index in [1.165, 1.54) is 62.9 Å². The number of nitrogens with zero attached hydrogens (tertiary/aromatic N) is 5. The van der Waals surface area contributed by atoms with Gasteiger partial charge < -0.3 is 29.2 Å². The maximum Gasteiger partial charge on any atom is 0.573 e. The van der Waals surface area contributed by atoms with Gasteiger partial charge in [-0.1, -0.05) is 18.6 Å². The molecule has 1 N–H and O–H groups in total. The molecule has 0 aliphatic carbocycles. The Morgan fingerprint density at radius 3 is 2.46 bits per heavy atom. The van der Waals surface area contributed by atoms with E-state index in [0.29, 0.717) is 39.4 Å². The molecule has 2 aromatic heterocycles. The molecule has 52 heavy (non-hydrogen) atoms. The Bertz CT molecular complexity index is 2110. The van der Waals surface area contributed by atoms with Gasteiger partial charge in [0.15, 0.2) is 28.8 Å². The van der Waals surface area contributed by atoms with Gasteiger partial charge in [-0.2, -0.15) is 4.68 Å². The molecule has 12 nitrogen and oxygen atoms in total. The molecule has 1 fully saturated rings. The number of methoxy groups -OCH3 is 1. The van der Waals surface area contributed by atoms with Crippen LogP contribution in [0.1, 0.15) is 43.2 Å². The zero-order chi connectivity index (χ0) is 36.8. The second-order valence-corrected chi connectivity index (χ2v) is 11.9. The summed E-state index contributed by atoms with van der Waals surface area (Å²) in [5.41, 5.74) is -0.660. The van der Waals surface area contributed by atoms with Crippen molar-refractivity contribution in [3.05, 3.63) is 89.0 Å². The Morgan fingerprint density at radius 1 is 0.942 bits per heavy atom. The van der Waals surface area contributed by atoms with Crippen molar-refractivity contribution < 1.29 is 41.3 Å². The summed E-state index contributed by atoms with van der Waals surface area (Å²) >= 11 is 0. The molecule has 5 aromatic rings. The van der Waals surface area contributed by atoms with Crippen LogP contribution >= 0.6 is 0 Å². The first-order valence-corrected chi connectivity index (χ1v) is 16.7. The molecule has 0 bridgehead atoms. The number of pyridine rings is 1. The second-order valence-electron chi connectivity index (χ2n) is 11.9. The summed E-state index contributed by atoms with van der Waals surface area (Å²) < 4.78 is 77.6. The van der Waals surface area contributed by atoms with E-state index in [2.05, 4.69) is 25.0 Å². The lowest BCUT2D eigenvalue weighted by Crippen LogP contribution is -2.31. The first-order chi connectivity index (χ1) is 25.0. The highest BCUT2D eigenvalue weighted by molar-refractivity contribution is 6.01. The highest BCUT2D eigenvalue weighted by Gasteiger charge is 2.33. The molecule has 6 rings (SSSR count). The molecule has 1 aliphatic rings. The zero-order valence-corrected chi connectivity index (χ0v) is 28.4. The van der Waals surface area contributed by atoms with Crippen molar-refractivity contribution in [2.75, 3.05) is 38.7 Å². The van der Waals surface area contributed by atoms with Gasteiger partial charge in [-0.25, -0.2) is 9.18 Å². The number of fused-ring (bicyclic) bond motifs is 1. The van der Waals surface area contributed by atoms with E-state index in [9.17, 15) is 22.8 Å². The number of nitrogens with one attached hydrogen (secondary N) is 1. The standard InChI is InChI=1S/C36H36F4N6O6/c1-3-45-33(43-46(35(45)48)27-10-5-6-11-30(27)52-36(38,39)40)34(47)42-23-12-13-29(25(37)20-23)51-28-14-15-41-26-22-32(31(49-2)21-24(26)28)50-19-9-18-44-16-7-4-8-17-44/h5-6,10-15,20-22H,3-4,7-9,16-19H2,1-2H3,(H,42,47). The molecule has 0 saturated carbocycles. The third kappa shape index (κ3) is 8.28. The van der Waals surface area contributed by atoms with Gasteiger partial charge in [0.2, 0.25) is 5.82 Å². The Kier molecular flexibility index (Phi) is 10.9. The number of piperidine rings is 1. The van der Waals surface area contributed by atoms with Crippen LogP contribution in [-0.2, 0) is 6.54 Å². The number of halogens is 4. The van der Waals surface area contributed by atoms with Crippen LogP contribution in [0.5, 0.6) is 28.7 Å². The summed E-state index contributed by atoms with van der Waals surface area (Å²) in [6, 6.07) is 13.6. The largest absolute Gasteiger partial charge is 0.573 e. The van der Waals surface area contributed by atoms with Gasteiger partial charge in [-0.15, -0.1) is 18.3 Å². The molecular formula is C36H36F4N6O6. The van der Waals surface area contributed by atoms with Crippen LogP contribution in [0.3, 0.4) is 0 Å². The number of aromatic nitrogens is 4. The first kappa shape index (κ1) is 36.2. The predicted molar refractivity (Wildman–Crippen MR) is 183 cm³/mol. The normalized spacial score (nSPS) is 13.6. The molecule has 3 heterocycles. The van der Waals surface area contributed by atoms with E-state index in [1.54, 1.807) is 25.1 Å². The molecule has 0 atom stereocenters. The summed E-state index contributed by atoms with van der Waals surface area (Å²) in [5, 5.41) is 7.01. The Balaban J connectivity index is 1.17. The van der Waals surface area contributed by atoms with Gasteiger partial charge in [0.25, 0.3) is 5.91 Å². The fourth-order valence-electron chi connectivity index (χ4n) is 5.96. The van der Waals surface area contributed by atoms with Gasteiger partial charge >= 0.3 is 12.1 Å². The lowest BCUT2D eigenvalue weighted by atomic mass is 10.1. The molecule has 274 valence electrons. The highest BCUT2D eigenvalue weighted by Crippen LogP contribution is 2.38. The molecule has 0 unspecified atom stereocenters. The maximum atomic E-state index is 15.4. The van der Waals surface area contributed by atoms with Crippen molar-refractivity contribution in [3.63, 3.8) is 0 Å². The number of ether oxygens (including phenoxy) is 4. The van der Waals surface area contributed by atoms with Crippen LogP contribution in [0.4, 0.5) is 23.2 Å². The third-order valence-corrected chi connectivity index (χ3v) is 8.42. The number of carbonyl (C=O) groups is 1. The van der Waals surface area contributed by atoms with E-state index in [-0.39, 0.29) is 23.7 Å². The SMILES string of the molecule is CCn1c(C(=O)Nc2ccc(Oc3ccnc4cc(OCCCN5CCCCC5)c(OC)cc34)c(F)c2)nn(-c2ccccc2OC(F)(F)F)c1=O. The molecule has 16 heteroatoms. The lowest BCUT2D eigenvalue weighted by Gasteiger charge is -2.26.